The first kappa shape index (κ1) is 17.4. The van der Waals surface area contributed by atoms with Gasteiger partial charge in [0.15, 0.2) is 11.6 Å². The van der Waals surface area contributed by atoms with E-state index in [9.17, 15) is 8.78 Å². The van der Waals surface area contributed by atoms with Crippen LogP contribution in [-0.4, -0.2) is 13.2 Å². The number of aryl methyl sites for hydroxylation is 3. The Bertz CT molecular complexity index is 662. The van der Waals surface area contributed by atoms with Gasteiger partial charge in [0.2, 0.25) is 0 Å². The molecule has 0 amide bonds. The summed E-state index contributed by atoms with van der Waals surface area (Å²) < 4.78 is 31.6. The van der Waals surface area contributed by atoms with Crippen LogP contribution in [0.1, 0.15) is 34.6 Å². The molecule has 124 valence electrons. The molecule has 1 unspecified atom stereocenters. The third-order valence-electron chi connectivity index (χ3n) is 4.06. The molecule has 1 atom stereocenters. The van der Waals surface area contributed by atoms with Crippen LogP contribution in [0.3, 0.4) is 0 Å². The SMILES string of the molecule is Cc1cc(C)c(C(CN)CCOc2ccc(F)c(F)c2)c(C)c1. The highest BCUT2D eigenvalue weighted by Gasteiger charge is 2.15. The minimum atomic E-state index is -0.900. The highest BCUT2D eigenvalue weighted by atomic mass is 19.2. The van der Waals surface area contributed by atoms with Crippen LogP contribution in [0.25, 0.3) is 0 Å². The van der Waals surface area contributed by atoms with Crippen LogP contribution < -0.4 is 10.5 Å². The van der Waals surface area contributed by atoms with E-state index >= 15 is 0 Å². The summed E-state index contributed by atoms with van der Waals surface area (Å²) in [4.78, 5) is 0. The molecule has 0 fully saturated rings. The maximum Gasteiger partial charge on any atom is 0.162 e. The fourth-order valence-corrected chi connectivity index (χ4v) is 3.10. The number of rotatable bonds is 6. The van der Waals surface area contributed by atoms with Gasteiger partial charge < -0.3 is 10.5 Å². The zero-order chi connectivity index (χ0) is 17.0. The highest BCUT2D eigenvalue weighted by Crippen LogP contribution is 2.27. The van der Waals surface area contributed by atoms with Crippen molar-refractivity contribution in [3.8, 4) is 5.75 Å². The predicted molar refractivity (Wildman–Crippen MR) is 88.9 cm³/mol. The summed E-state index contributed by atoms with van der Waals surface area (Å²) in [5, 5.41) is 0. The monoisotopic (exact) mass is 319 g/mol. The Balaban J connectivity index is 2.04. The van der Waals surface area contributed by atoms with Gasteiger partial charge in [0.05, 0.1) is 6.61 Å². The zero-order valence-corrected chi connectivity index (χ0v) is 13.8. The molecule has 0 saturated carbocycles. The van der Waals surface area contributed by atoms with Crippen LogP contribution in [0, 0.1) is 32.4 Å². The Morgan fingerprint density at radius 3 is 2.22 bits per heavy atom. The van der Waals surface area contributed by atoms with Crippen LogP contribution in [0.4, 0.5) is 8.78 Å². The van der Waals surface area contributed by atoms with E-state index in [4.69, 9.17) is 10.5 Å². The van der Waals surface area contributed by atoms with Crippen molar-refractivity contribution >= 4 is 0 Å². The Hall–Kier alpha value is -1.94. The minimum Gasteiger partial charge on any atom is -0.493 e. The number of hydrogen-bond donors (Lipinski definition) is 1. The molecular formula is C19H23F2NO. The van der Waals surface area contributed by atoms with Crippen LogP contribution >= 0.6 is 0 Å². The predicted octanol–water partition coefficient (Wildman–Crippen LogP) is 4.40. The normalized spacial score (nSPS) is 12.3. The Morgan fingerprint density at radius 2 is 1.65 bits per heavy atom. The van der Waals surface area contributed by atoms with E-state index in [1.54, 1.807) is 0 Å². The number of halogens is 2. The van der Waals surface area contributed by atoms with Crippen molar-refractivity contribution in [2.75, 3.05) is 13.2 Å². The lowest BCUT2D eigenvalue weighted by molar-refractivity contribution is 0.295. The molecular weight excluding hydrogens is 296 g/mol. The van der Waals surface area contributed by atoms with Crippen molar-refractivity contribution < 1.29 is 13.5 Å². The molecule has 0 spiro atoms. The third-order valence-corrected chi connectivity index (χ3v) is 4.06. The molecule has 0 aliphatic carbocycles. The van der Waals surface area contributed by atoms with E-state index < -0.39 is 11.6 Å². The quantitative estimate of drug-likeness (QED) is 0.856. The number of nitrogens with two attached hydrogens (primary N) is 1. The van der Waals surface area contributed by atoms with Gasteiger partial charge in [-0.05, 0) is 68.5 Å². The van der Waals surface area contributed by atoms with Crippen LogP contribution in [-0.2, 0) is 0 Å². The molecule has 0 aromatic heterocycles. The molecule has 2 N–H and O–H groups in total. The molecule has 0 radical (unpaired) electrons. The number of benzene rings is 2. The summed E-state index contributed by atoms with van der Waals surface area (Å²) in [6.45, 7) is 7.18. The second-order valence-electron chi connectivity index (χ2n) is 5.96. The summed E-state index contributed by atoms with van der Waals surface area (Å²) in [6.07, 6.45) is 0.722. The molecule has 0 aliphatic rings. The maximum absolute atomic E-state index is 13.2. The number of ether oxygens (including phenoxy) is 1. The lowest BCUT2D eigenvalue weighted by Gasteiger charge is -2.21. The van der Waals surface area contributed by atoms with Crippen molar-refractivity contribution in [3.05, 3.63) is 64.2 Å². The molecule has 2 aromatic rings. The molecule has 2 aromatic carbocycles. The molecule has 0 aliphatic heterocycles. The summed E-state index contributed by atoms with van der Waals surface area (Å²) in [5.74, 6) is -1.26. The van der Waals surface area contributed by atoms with Crippen molar-refractivity contribution in [1.82, 2.24) is 0 Å². The summed E-state index contributed by atoms with van der Waals surface area (Å²) in [6, 6.07) is 7.87. The largest absolute Gasteiger partial charge is 0.493 e. The van der Waals surface area contributed by atoms with Gasteiger partial charge in [0.1, 0.15) is 5.75 Å². The van der Waals surface area contributed by atoms with E-state index in [-0.39, 0.29) is 5.92 Å². The molecule has 23 heavy (non-hydrogen) atoms. The van der Waals surface area contributed by atoms with Gasteiger partial charge >= 0.3 is 0 Å². The van der Waals surface area contributed by atoms with Crippen molar-refractivity contribution in [1.29, 1.82) is 0 Å². The standard InChI is InChI=1S/C19H23F2NO/c1-12-8-13(2)19(14(3)9-12)15(11-22)6-7-23-16-4-5-17(20)18(21)10-16/h4-5,8-10,15H,6-7,11,22H2,1-3H3. The van der Waals surface area contributed by atoms with Gasteiger partial charge in [0, 0.05) is 6.07 Å². The second-order valence-corrected chi connectivity index (χ2v) is 5.96. The Labute approximate surface area is 136 Å². The molecule has 2 nitrogen and oxygen atoms in total. The van der Waals surface area contributed by atoms with E-state index in [0.29, 0.717) is 18.9 Å². The first-order valence-corrected chi connectivity index (χ1v) is 7.78. The first-order chi connectivity index (χ1) is 10.9. The van der Waals surface area contributed by atoms with Crippen molar-refractivity contribution in [2.45, 2.75) is 33.1 Å². The van der Waals surface area contributed by atoms with Gasteiger partial charge in [-0.25, -0.2) is 8.78 Å². The van der Waals surface area contributed by atoms with Gasteiger partial charge in [-0.1, -0.05) is 17.7 Å². The van der Waals surface area contributed by atoms with E-state index in [1.807, 2.05) is 0 Å². The molecule has 2 rings (SSSR count). The topological polar surface area (TPSA) is 35.2 Å². The fourth-order valence-electron chi connectivity index (χ4n) is 3.10. The summed E-state index contributed by atoms with van der Waals surface area (Å²) >= 11 is 0. The fraction of sp³-hybridized carbons (Fsp3) is 0.368. The Morgan fingerprint density at radius 1 is 1.00 bits per heavy atom. The van der Waals surface area contributed by atoms with E-state index in [1.165, 1.54) is 28.3 Å². The number of hydrogen-bond acceptors (Lipinski definition) is 2. The molecule has 0 bridgehead atoms. The molecule has 0 heterocycles. The lowest BCUT2D eigenvalue weighted by Crippen LogP contribution is -2.18. The van der Waals surface area contributed by atoms with E-state index in [0.717, 1.165) is 18.6 Å². The minimum absolute atomic E-state index is 0.181. The van der Waals surface area contributed by atoms with Gasteiger partial charge in [-0.2, -0.15) is 0 Å². The van der Waals surface area contributed by atoms with Crippen molar-refractivity contribution in [2.24, 2.45) is 5.73 Å². The van der Waals surface area contributed by atoms with Crippen LogP contribution in [0.5, 0.6) is 5.75 Å². The second kappa shape index (κ2) is 7.55. The van der Waals surface area contributed by atoms with Crippen molar-refractivity contribution in [3.63, 3.8) is 0 Å². The molecule has 0 saturated heterocycles. The summed E-state index contributed by atoms with van der Waals surface area (Å²) in [7, 11) is 0. The first-order valence-electron chi connectivity index (χ1n) is 7.78. The maximum atomic E-state index is 13.2. The van der Waals surface area contributed by atoms with Crippen LogP contribution in [0.15, 0.2) is 30.3 Å². The zero-order valence-electron chi connectivity index (χ0n) is 13.8. The van der Waals surface area contributed by atoms with Gasteiger partial charge in [-0.3, -0.25) is 0 Å². The van der Waals surface area contributed by atoms with Gasteiger partial charge in [0.25, 0.3) is 0 Å². The Kier molecular flexibility index (Phi) is 5.72. The lowest BCUT2D eigenvalue weighted by atomic mass is 9.87. The average Bonchev–Trinajstić information content (AvgIpc) is 2.48. The van der Waals surface area contributed by atoms with Gasteiger partial charge in [-0.15, -0.1) is 0 Å². The van der Waals surface area contributed by atoms with Crippen LogP contribution in [0.2, 0.25) is 0 Å². The summed E-state index contributed by atoms with van der Waals surface area (Å²) in [5.41, 5.74) is 10.9. The third kappa shape index (κ3) is 4.29. The molecule has 4 heteroatoms. The average molecular weight is 319 g/mol. The van der Waals surface area contributed by atoms with E-state index in [2.05, 4.69) is 32.9 Å². The smallest absolute Gasteiger partial charge is 0.162 e. The highest BCUT2D eigenvalue weighted by molar-refractivity contribution is 5.40.